The van der Waals surface area contributed by atoms with E-state index in [1.807, 2.05) is 30.3 Å². The molecule has 0 amide bonds. The number of aromatic hydroxyl groups is 1. The van der Waals surface area contributed by atoms with Crippen LogP contribution >= 0.6 is 0 Å². The van der Waals surface area contributed by atoms with Gasteiger partial charge in [0.25, 0.3) is 0 Å². The molecule has 0 aliphatic carbocycles. The Morgan fingerprint density at radius 1 is 0.778 bits per heavy atom. The number of methoxy groups -OCH3 is 3. The summed E-state index contributed by atoms with van der Waals surface area (Å²) in [6.07, 6.45) is -0.148. The second-order valence-electron chi connectivity index (χ2n) is 6.91. The largest absolute Gasteiger partial charge is 0.504 e. The molecule has 0 saturated carbocycles. The van der Waals surface area contributed by atoms with Crippen LogP contribution in [0.2, 0.25) is 0 Å². The van der Waals surface area contributed by atoms with E-state index in [0.29, 0.717) is 19.0 Å². The Morgan fingerprint density at radius 3 is 1.93 bits per heavy atom. The smallest absolute Gasteiger partial charge is 0.160 e. The van der Waals surface area contributed by atoms with Crippen LogP contribution in [0.5, 0.6) is 23.0 Å². The molecule has 4 atom stereocenters. The maximum absolute atomic E-state index is 9.84. The average Bonchev–Trinajstić information content (AvgIpc) is 3.30. The Bertz CT molecular complexity index is 798. The minimum atomic E-state index is -0.0815. The third kappa shape index (κ3) is 3.19. The normalized spacial score (nSPS) is 26.6. The van der Waals surface area contributed by atoms with E-state index in [1.54, 1.807) is 27.4 Å². The Morgan fingerprint density at radius 2 is 1.37 bits per heavy atom. The fraction of sp³-hybridized carbons (Fsp3) is 0.429. The highest BCUT2D eigenvalue weighted by Crippen LogP contribution is 2.51. The van der Waals surface area contributed by atoms with Crippen LogP contribution in [0.15, 0.2) is 36.4 Å². The van der Waals surface area contributed by atoms with Gasteiger partial charge in [-0.1, -0.05) is 6.07 Å². The Balaban J connectivity index is 1.59. The van der Waals surface area contributed by atoms with Crippen LogP contribution in [0.25, 0.3) is 0 Å². The fourth-order valence-electron chi connectivity index (χ4n) is 4.10. The number of hydrogen-bond acceptors (Lipinski definition) is 6. The van der Waals surface area contributed by atoms with Gasteiger partial charge in [-0.2, -0.15) is 0 Å². The first-order chi connectivity index (χ1) is 13.1. The summed E-state index contributed by atoms with van der Waals surface area (Å²) in [4.78, 5) is 0. The first-order valence-corrected chi connectivity index (χ1v) is 8.97. The predicted molar refractivity (Wildman–Crippen MR) is 98.6 cm³/mol. The first-order valence-electron chi connectivity index (χ1n) is 8.97. The van der Waals surface area contributed by atoms with Crippen molar-refractivity contribution in [2.45, 2.75) is 12.2 Å². The van der Waals surface area contributed by atoms with Gasteiger partial charge in [-0.05, 0) is 35.4 Å². The SMILES string of the molecule is COc1cc(OC)cc([C@@H]2OC[C@H]3[C@@H]2CO[C@H]3c2ccc(O)c(OC)c2)c1. The Kier molecular flexibility index (Phi) is 4.85. The van der Waals surface area contributed by atoms with Gasteiger partial charge in [0, 0.05) is 17.9 Å². The van der Waals surface area contributed by atoms with Crippen molar-refractivity contribution in [3.8, 4) is 23.0 Å². The highest BCUT2D eigenvalue weighted by atomic mass is 16.5. The van der Waals surface area contributed by atoms with Crippen molar-refractivity contribution < 1.29 is 28.8 Å². The van der Waals surface area contributed by atoms with E-state index in [1.165, 1.54) is 0 Å². The standard InChI is InChI=1S/C21H24O6/c1-23-14-6-13(7-15(9-14)24-2)21-17-11-26-20(16(17)10-27-21)12-4-5-18(22)19(8-12)25-3/h4-9,16-17,20-22H,10-11H2,1-3H3/t16-,17-,20-,21-/m0/s1. The lowest BCUT2D eigenvalue weighted by molar-refractivity contribution is 0.0191. The van der Waals surface area contributed by atoms with Gasteiger partial charge < -0.3 is 28.8 Å². The maximum atomic E-state index is 9.84. The summed E-state index contributed by atoms with van der Waals surface area (Å²) >= 11 is 0. The van der Waals surface area contributed by atoms with Gasteiger partial charge >= 0.3 is 0 Å². The van der Waals surface area contributed by atoms with Gasteiger partial charge in [-0.3, -0.25) is 0 Å². The minimum absolute atomic E-state index is 0.0667. The minimum Gasteiger partial charge on any atom is -0.504 e. The van der Waals surface area contributed by atoms with Gasteiger partial charge in [0.15, 0.2) is 11.5 Å². The fourth-order valence-corrected chi connectivity index (χ4v) is 4.10. The molecule has 27 heavy (non-hydrogen) atoms. The molecule has 0 radical (unpaired) electrons. The van der Waals surface area contributed by atoms with Crippen LogP contribution in [0.3, 0.4) is 0 Å². The molecule has 0 unspecified atom stereocenters. The zero-order valence-electron chi connectivity index (χ0n) is 15.7. The van der Waals surface area contributed by atoms with E-state index in [0.717, 1.165) is 22.6 Å². The lowest BCUT2D eigenvalue weighted by Gasteiger charge is -2.18. The molecule has 0 bridgehead atoms. The van der Waals surface area contributed by atoms with Gasteiger partial charge in [0.2, 0.25) is 0 Å². The lowest BCUT2D eigenvalue weighted by Crippen LogP contribution is -2.14. The van der Waals surface area contributed by atoms with E-state index in [9.17, 15) is 5.11 Å². The van der Waals surface area contributed by atoms with Crippen molar-refractivity contribution in [1.82, 2.24) is 0 Å². The zero-order valence-corrected chi connectivity index (χ0v) is 15.7. The van der Waals surface area contributed by atoms with Crippen molar-refractivity contribution in [3.05, 3.63) is 47.5 Å². The molecule has 0 aromatic heterocycles. The van der Waals surface area contributed by atoms with Crippen molar-refractivity contribution in [2.24, 2.45) is 11.8 Å². The van der Waals surface area contributed by atoms with Crippen LogP contribution < -0.4 is 14.2 Å². The zero-order chi connectivity index (χ0) is 19.0. The van der Waals surface area contributed by atoms with Crippen LogP contribution in [0.4, 0.5) is 0 Å². The van der Waals surface area contributed by atoms with Crippen LogP contribution in [-0.2, 0) is 9.47 Å². The predicted octanol–water partition coefficient (Wildman–Crippen LogP) is 3.49. The van der Waals surface area contributed by atoms with Gasteiger partial charge in [-0.15, -0.1) is 0 Å². The number of phenolic OH excluding ortho intramolecular Hbond substituents is 1. The third-order valence-electron chi connectivity index (χ3n) is 5.50. The molecule has 2 fully saturated rings. The van der Waals surface area contributed by atoms with Gasteiger partial charge in [-0.25, -0.2) is 0 Å². The molecule has 0 spiro atoms. The summed E-state index contributed by atoms with van der Waals surface area (Å²) in [6.45, 7) is 1.23. The number of hydrogen-bond donors (Lipinski definition) is 1. The summed E-state index contributed by atoms with van der Waals surface area (Å²) < 4.78 is 28.3. The summed E-state index contributed by atoms with van der Waals surface area (Å²) in [5.41, 5.74) is 2.02. The number of ether oxygens (including phenoxy) is 5. The first kappa shape index (κ1) is 17.9. The van der Waals surface area contributed by atoms with Crippen molar-refractivity contribution in [1.29, 1.82) is 0 Å². The molecule has 6 heteroatoms. The third-order valence-corrected chi connectivity index (χ3v) is 5.50. The lowest BCUT2D eigenvalue weighted by atomic mass is 9.85. The van der Waals surface area contributed by atoms with E-state index in [-0.39, 0.29) is 29.8 Å². The van der Waals surface area contributed by atoms with E-state index in [2.05, 4.69) is 0 Å². The number of phenols is 1. The molecule has 6 nitrogen and oxygen atoms in total. The summed E-state index contributed by atoms with van der Waals surface area (Å²) in [5, 5.41) is 9.84. The van der Waals surface area contributed by atoms with Crippen molar-refractivity contribution >= 4 is 0 Å². The van der Waals surface area contributed by atoms with E-state index >= 15 is 0 Å². The summed E-state index contributed by atoms with van der Waals surface area (Å²) in [7, 11) is 4.83. The molecule has 2 heterocycles. The highest BCUT2D eigenvalue weighted by Gasteiger charge is 2.48. The summed E-state index contributed by atoms with van der Waals surface area (Å²) in [6, 6.07) is 11.2. The van der Waals surface area contributed by atoms with E-state index < -0.39 is 0 Å². The Hall–Kier alpha value is -2.44. The van der Waals surface area contributed by atoms with Crippen molar-refractivity contribution in [3.63, 3.8) is 0 Å². The molecule has 1 N–H and O–H groups in total. The van der Waals surface area contributed by atoms with Gasteiger partial charge in [0.05, 0.1) is 46.8 Å². The second kappa shape index (κ2) is 7.29. The Labute approximate surface area is 158 Å². The van der Waals surface area contributed by atoms with Crippen LogP contribution in [0, 0.1) is 11.8 Å². The quantitative estimate of drug-likeness (QED) is 0.867. The average molecular weight is 372 g/mol. The second-order valence-corrected chi connectivity index (χ2v) is 6.91. The molecule has 2 saturated heterocycles. The van der Waals surface area contributed by atoms with Gasteiger partial charge in [0.1, 0.15) is 11.5 Å². The molecule has 4 rings (SSSR count). The molecule has 144 valence electrons. The summed E-state index contributed by atoms with van der Waals surface area (Å²) in [5.74, 6) is 2.55. The van der Waals surface area contributed by atoms with E-state index in [4.69, 9.17) is 23.7 Å². The maximum Gasteiger partial charge on any atom is 0.160 e. The van der Waals surface area contributed by atoms with Crippen LogP contribution in [-0.4, -0.2) is 39.6 Å². The molecular weight excluding hydrogens is 348 g/mol. The van der Waals surface area contributed by atoms with Crippen LogP contribution in [0.1, 0.15) is 23.3 Å². The molecule has 2 aliphatic heterocycles. The number of fused-ring (bicyclic) bond motifs is 1. The molecule has 2 aromatic carbocycles. The van der Waals surface area contributed by atoms with Crippen molar-refractivity contribution in [2.75, 3.05) is 34.5 Å². The topological polar surface area (TPSA) is 66.4 Å². The molecule has 2 aromatic rings. The highest BCUT2D eigenvalue weighted by molar-refractivity contribution is 5.43. The molecular formula is C21H24O6. The number of rotatable bonds is 5. The molecule has 2 aliphatic rings. The number of benzene rings is 2. The monoisotopic (exact) mass is 372 g/mol.